The molecular weight excluding hydrogens is 240 g/mol. The number of hydrogen-bond acceptors (Lipinski definition) is 3. The van der Waals surface area contributed by atoms with E-state index in [2.05, 4.69) is 6.92 Å². The van der Waals surface area contributed by atoms with Gasteiger partial charge in [-0.05, 0) is 50.9 Å². The van der Waals surface area contributed by atoms with Gasteiger partial charge in [-0.15, -0.1) is 0 Å². The number of fused-ring (bicyclic) bond motifs is 2. The summed E-state index contributed by atoms with van der Waals surface area (Å²) in [6, 6.07) is 0.102. The summed E-state index contributed by atoms with van der Waals surface area (Å²) in [5.74, 6) is 1.52. The van der Waals surface area contributed by atoms with Gasteiger partial charge in [0.05, 0.1) is 12.0 Å². The molecule has 2 N–H and O–H groups in total. The lowest BCUT2D eigenvalue weighted by atomic mass is 9.84. The zero-order valence-electron chi connectivity index (χ0n) is 11.9. The molecule has 1 amide bonds. The molecule has 5 unspecified atom stereocenters. The van der Waals surface area contributed by atoms with Crippen LogP contribution in [0.15, 0.2) is 0 Å². The molecule has 2 bridgehead atoms. The number of carbonyl (C=O) groups is 1. The highest BCUT2D eigenvalue weighted by Gasteiger charge is 2.50. The van der Waals surface area contributed by atoms with Gasteiger partial charge < -0.3 is 15.4 Å². The second-order valence-corrected chi connectivity index (χ2v) is 6.45. The zero-order valence-corrected chi connectivity index (χ0v) is 11.9. The third-order valence-electron chi connectivity index (χ3n) is 5.41. The molecule has 3 fully saturated rings. The lowest BCUT2D eigenvalue weighted by molar-refractivity contribution is -0.139. The van der Waals surface area contributed by atoms with Crippen LogP contribution in [0.4, 0.5) is 0 Å². The lowest BCUT2D eigenvalue weighted by Crippen LogP contribution is -2.48. The van der Waals surface area contributed by atoms with E-state index in [1.54, 1.807) is 0 Å². The fraction of sp³-hybridized carbons (Fsp3) is 0.933. The predicted octanol–water partition coefficient (Wildman–Crippen LogP) is 1.39. The van der Waals surface area contributed by atoms with E-state index < -0.39 is 0 Å². The fourth-order valence-electron chi connectivity index (χ4n) is 4.32. The maximum Gasteiger partial charge on any atom is 0.227 e. The quantitative estimate of drug-likeness (QED) is 0.836. The van der Waals surface area contributed by atoms with Crippen LogP contribution in [0.1, 0.15) is 39.0 Å². The molecule has 0 aromatic rings. The highest BCUT2D eigenvalue weighted by molar-refractivity contribution is 5.80. The Hall–Kier alpha value is -0.610. The molecule has 2 aliphatic carbocycles. The minimum Gasteiger partial charge on any atom is -0.376 e. The normalized spacial score (nSPS) is 40.8. The first-order chi connectivity index (χ1) is 9.20. The van der Waals surface area contributed by atoms with E-state index in [0.717, 1.165) is 32.5 Å². The summed E-state index contributed by atoms with van der Waals surface area (Å²) in [7, 11) is 0. The SMILES string of the molecule is CCN(CC1CCCO1)C(=O)C1C2CCC(C2)C1N. The average Bonchev–Trinajstić information content (AvgIpc) is 3.12. The Morgan fingerprint density at radius 3 is 2.68 bits per heavy atom. The summed E-state index contributed by atoms with van der Waals surface area (Å²) in [5.41, 5.74) is 6.29. The van der Waals surface area contributed by atoms with Crippen molar-refractivity contribution >= 4 is 5.91 Å². The van der Waals surface area contributed by atoms with Gasteiger partial charge in [0, 0.05) is 25.7 Å². The van der Waals surface area contributed by atoms with Gasteiger partial charge in [0.15, 0.2) is 0 Å². The standard InChI is InChI=1S/C15H26N2O2/c1-2-17(9-12-4-3-7-19-12)15(18)13-10-5-6-11(8-10)14(13)16/h10-14H,2-9,16H2,1H3. The van der Waals surface area contributed by atoms with Gasteiger partial charge in [0.2, 0.25) is 5.91 Å². The molecule has 108 valence electrons. The van der Waals surface area contributed by atoms with Gasteiger partial charge in [-0.3, -0.25) is 4.79 Å². The maximum absolute atomic E-state index is 12.8. The largest absolute Gasteiger partial charge is 0.376 e. The number of nitrogens with zero attached hydrogens (tertiary/aromatic N) is 1. The van der Waals surface area contributed by atoms with E-state index in [0.29, 0.717) is 11.8 Å². The van der Waals surface area contributed by atoms with Crippen molar-refractivity contribution in [3.8, 4) is 0 Å². The van der Waals surface area contributed by atoms with Crippen molar-refractivity contribution in [2.45, 2.75) is 51.2 Å². The van der Waals surface area contributed by atoms with Crippen LogP contribution in [-0.4, -0.2) is 42.6 Å². The van der Waals surface area contributed by atoms with Crippen molar-refractivity contribution in [2.75, 3.05) is 19.7 Å². The van der Waals surface area contributed by atoms with Crippen LogP contribution in [-0.2, 0) is 9.53 Å². The van der Waals surface area contributed by atoms with Crippen molar-refractivity contribution in [3.63, 3.8) is 0 Å². The summed E-state index contributed by atoms with van der Waals surface area (Å²) < 4.78 is 5.66. The zero-order chi connectivity index (χ0) is 13.4. The minimum absolute atomic E-state index is 0.0834. The monoisotopic (exact) mass is 266 g/mol. The Balaban J connectivity index is 1.64. The van der Waals surface area contributed by atoms with Gasteiger partial charge >= 0.3 is 0 Å². The number of nitrogens with two attached hydrogens (primary N) is 1. The van der Waals surface area contributed by atoms with Crippen molar-refractivity contribution in [1.29, 1.82) is 0 Å². The highest BCUT2D eigenvalue weighted by Crippen LogP contribution is 2.48. The topological polar surface area (TPSA) is 55.6 Å². The molecule has 0 radical (unpaired) electrons. The Labute approximate surface area is 115 Å². The molecule has 0 aromatic carbocycles. The first-order valence-electron chi connectivity index (χ1n) is 7.86. The number of amides is 1. The Morgan fingerprint density at radius 2 is 2.11 bits per heavy atom. The predicted molar refractivity (Wildman–Crippen MR) is 73.5 cm³/mol. The molecule has 3 rings (SSSR count). The van der Waals surface area contributed by atoms with E-state index in [-0.39, 0.29) is 24.0 Å². The Kier molecular flexibility index (Phi) is 3.81. The fourth-order valence-corrected chi connectivity index (χ4v) is 4.32. The summed E-state index contributed by atoms with van der Waals surface area (Å²) in [5, 5.41) is 0. The average molecular weight is 266 g/mol. The highest BCUT2D eigenvalue weighted by atomic mass is 16.5. The molecular formula is C15H26N2O2. The number of hydrogen-bond donors (Lipinski definition) is 1. The van der Waals surface area contributed by atoms with Crippen molar-refractivity contribution in [3.05, 3.63) is 0 Å². The third-order valence-corrected chi connectivity index (χ3v) is 5.41. The molecule has 3 aliphatic rings. The van der Waals surface area contributed by atoms with Crippen molar-refractivity contribution in [1.82, 2.24) is 4.90 Å². The molecule has 1 heterocycles. The molecule has 5 atom stereocenters. The molecule has 4 heteroatoms. The van der Waals surface area contributed by atoms with Gasteiger partial charge in [0.25, 0.3) is 0 Å². The van der Waals surface area contributed by atoms with E-state index in [1.165, 1.54) is 19.3 Å². The Morgan fingerprint density at radius 1 is 1.32 bits per heavy atom. The van der Waals surface area contributed by atoms with E-state index >= 15 is 0 Å². The summed E-state index contributed by atoms with van der Waals surface area (Å²) in [4.78, 5) is 14.7. The molecule has 2 saturated carbocycles. The van der Waals surface area contributed by atoms with Crippen LogP contribution in [0.2, 0.25) is 0 Å². The van der Waals surface area contributed by atoms with Gasteiger partial charge in [-0.1, -0.05) is 0 Å². The molecule has 0 spiro atoms. The maximum atomic E-state index is 12.8. The first kappa shape index (κ1) is 13.4. The summed E-state index contributed by atoms with van der Waals surface area (Å²) in [6.07, 6.45) is 6.07. The molecule has 1 aliphatic heterocycles. The van der Waals surface area contributed by atoms with Crippen LogP contribution in [0.5, 0.6) is 0 Å². The number of likely N-dealkylation sites (N-methyl/N-ethyl adjacent to an activating group) is 1. The number of carbonyl (C=O) groups excluding carboxylic acids is 1. The first-order valence-corrected chi connectivity index (χ1v) is 7.86. The van der Waals surface area contributed by atoms with Gasteiger partial charge in [-0.2, -0.15) is 0 Å². The minimum atomic E-state index is 0.0834. The van der Waals surface area contributed by atoms with Crippen LogP contribution in [0, 0.1) is 17.8 Å². The lowest BCUT2D eigenvalue weighted by Gasteiger charge is -2.33. The van der Waals surface area contributed by atoms with Crippen LogP contribution in [0.25, 0.3) is 0 Å². The van der Waals surface area contributed by atoms with E-state index in [4.69, 9.17) is 10.5 Å². The molecule has 0 aromatic heterocycles. The van der Waals surface area contributed by atoms with Gasteiger partial charge in [0.1, 0.15) is 0 Å². The Bertz CT molecular complexity index is 339. The molecule has 4 nitrogen and oxygen atoms in total. The van der Waals surface area contributed by atoms with Crippen LogP contribution >= 0.6 is 0 Å². The molecule has 19 heavy (non-hydrogen) atoms. The number of rotatable bonds is 4. The molecule has 1 saturated heterocycles. The second kappa shape index (κ2) is 5.41. The summed E-state index contributed by atoms with van der Waals surface area (Å²) >= 11 is 0. The van der Waals surface area contributed by atoms with Crippen LogP contribution in [0.3, 0.4) is 0 Å². The van der Waals surface area contributed by atoms with Crippen molar-refractivity contribution in [2.24, 2.45) is 23.5 Å². The van der Waals surface area contributed by atoms with Crippen LogP contribution < -0.4 is 5.73 Å². The number of ether oxygens (including phenoxy) is 1. The third kappa shape index (κ3) is 2.40. The smallest absolute Gasteiger partial charge is 0.227 e. The van der Waals surface area contributed by atoms with Gasteiger partial charge in [-0.25, -0.2) is 0 Å². The summed E-state index contributed by atoms with van der Waals surface area (Å²) in [6.45, 7) is 4.45. The van der Waals surface area contributed by atoms with E-state index in [9.17, 15) is 4.79 Å². The van der Waals surface area contributed by atoms with Crippen molar-refractivity contribution < 1.29 is 9.53 Å². The second-order valence-electron chi connectivity index (χ2n) is 6.45. The van der Waals surface area contributed by atoms with E-state index in [1.807, 2.05) is 4.90 Å².